The maximum Gasteiger partial charge on any atom is 0.419 e. The van der Waals surface area contributed by atoms with Crippen molar-refractivity contribution < 1.29 is 22.4 Å². The van der Waals surface area contributed by atoms with Crippen LogP contribution in [0.1, 0.15) is 31.7 Å². The summed E-state index contributed by atoms with van der Waals surface area (Å²) in [6.45, 7) is 3.39. The van der Waals surface area contributed by atoms with Gasteiger partial charge < -0.3 is 14.5 Å². The van der Waals surface area contributed by atoms with Gasteiger partial charge in [0.25, 0.3) is 0 Å². The number of carbonyl (C=O) groups is 1. The van der Waals surface area contributed by atoms with Gasteiger partial charge in [0, 0.05) is 38.7 Å². The Kier molecular flexibility index (Phi) is 7.08. The Bertz CT molecular complexity index is 1320. The Morgan fingerprint density at radius 1 is 1.15 bits per heavy atom. The molecule has 0 radical (unpaired) electrons. The molecular weight excluding hydrogens is 458 g/mol. The van der Waals surface area contributed by atoms with Gasteiger partial charge in [-0.25, -0.2) is 13.2 Å². The standard InChI is InChI=1S/C24H29N3O6S/c1-3-27-21-9-8-20(15-22(21)33-24(27)29)34(30,31)26-12-10-17(11-13-26)14-23(28)25-16-18-4-6-19(32-2)7-5-18/h4-9,15,17H,3,10-14,16H2,1-2H3,(H,25,28). The quantitative estimate of drug-likeness (QED) is 0.523. The second kappa shape index (κ2) is 10.0. The molecule has 1 amide bonds. The van der Waals surface area contributed by atoms with Crippen LogP contribution in [0, 0.1) is 5.92 Å². The van der Waals surface area contributed by atoms with Crippen molar-refractivity contribution in [1.82, 2.24) is 14.2 Å². The first-order valence-corrected chi connectivity index (χ1v) is 12.8. The number of fused-ring (bicyclic) bond motifs is 1. The summed E-state index contributed by atoms with van der Waals surface area (Å²) in [5.74, 6) is 0.346. The molecule has 0 unspecified atom stereocenters. The van der Waals surface area contributed by atoms with Gasteiger partial charge >= 0.3 is 5.76 Å². The average molecular weight is 488 g/mol. The fourth-order valence-corrected chi connectivity index (χ4v) is 5.77. The molecule has 0 spiro atoms. The van der Waals surface area contributed by atoms with Crippen LogP contribution >= 0.6 is 0 Å². The number of hydrogen-bond donors (Lipinski definition) is 1. The van der Waals surface area contributed by atoms with Gasteiger partial charge in [-0.1, -0.05) is 12.1 Å². The zero-order valence-electron chi connectivity index (χ0n) is 19.3. The second-order valence-electron chi connectivity index (χ2n) is 8.42. The van der Waals surface area contributed by atoms with Crippen LogP contribution in [0.25, 0.3) is 11.1 Å². The first kappa shape index (κ1) is 24.0. The number of aryl methyl sites for hydroxylation is 1. The normalized spacial score (nSPS) is 15.5. The molecule has 0 saturated carbocycles. The van der Waals surface area contributed by atoms with E-state index in [0.717, 1.165) is 11.3 Å². The number of hydrogen-bond acceptors (Lipinski definition) is 6. The lowest BCUT2D eigenvalue weighted by molar-refractivity contribution is -0.122. The molecule has 1 aliphatic rings. The van der Waals surface area contributed by atoms with E-state index in [1.54, 1.807) is 13.2 Å². The Hall–Kier alpha value is -3.11. The van der Waals surface area contributed by atoms with Crippen LogP contribution in [-0.2, 0) is 27.9 Å². The highest BCUT2D eigenvalue weighted by Gasteiger charge is 2.30. The molecule has 9 nitrogen and oxygen atoms in total. The average Bonchev–Trinajstić information content (AvgIpc) is 3.17. The number of benzene rings is 2. The minimum atomic E-state index is -3.72. The molecule has 0 bridgehead atoms. The van der Waals surface area contributed by atoms with Gasteiger partial charge in [0.15, 0.2) is 5.58 Å². The molecule has 1 aliphatic heterocycles. The van der Waals surface area contributed by atoms with Gasteiger partial charge in [-0.2, -0.15) is 4.31 Å². The van der Waals surface area contributed by atoms with Crippen LogP contribution < -0.4 is 15.8 Å². The Morgan fingerprint density at radius 3 is 2.50 bits per heavy atom. The lowest BCUT2D eigenvalue weighted by Crippen LogP contribution is -2.39. The minimum absolute atomic E-state index is 0.0435. The van der Waals surface area contributed by atoms with Crippen LogP contribution in [0.3, 0.4) is 0 Å². The molecule has 0 aliphatic carbocycles. The third-order valence-electron chi connectivity index (χ3n) is 6.29. The predicted octanol–water partition coefficient (Wildman–Crippen LogP) is 2.73. The molecule has 1 N–H and O–H groups in total. The largest absolute Gasteiger partial charge is 0.497 e. The fourth-order valence-electron chi connectivity index (χ4n) is 4.29. The molecule has 10 heteroatoms. The van der Waals surface area contributed by atoms with E-state index in [1.807, 2.05) is 31.2 Å². The number of nitrogens with zero attached hydrogens (tertiary/aromatic N) is 2. The van der Waals surface area contributed by atoms with Crippen LogP contribution in [0.5, 0.6) is 5.75 Å². The summed E-state index contributed by atoms with van der Waals surface area (Å²) < 4.78 is 39.5. The molecule has 2 heterocycles. The topological polar surface area (TPSA) is 111 Å². The van der Waals surface area contributed by atoms with Crippen molar-refractivity contribution in [2.45, 2.75) is 44.2 Å². The number of aromatic nitrogens is 1. The summed E-state index contributed by atoms with van der Waals surface area (Å²) in [6.07, 6.45) is 1.59. The maximum absolute atomic E-state index is 13.1. The van der Waals surface area contributed by atoms with Crippen molar-refractivity contribution in [3.63, 3.8) is 0 Å². The molecule has 182 valence electrons. The van der Waals surface area contributed by atoms with E-state index in [-0.39, 0.29) is 22.3 Å². The predicted molar refractivity (Wildman–Crippen MR) is 127 cm³/mol. The van der Waals surface area contributed by atoms with Crippen molar-refractivity contribution in [3.8, 4) is 5.75 Å². The molecule has 1 aromatic heterocycles. The molecular formula is C24H29N3O6S. The molecule has 2 aromatic carbocycles. The van der Waals surface area contributed by atoms with E-state index < -0.39 is 15.8 Å². The summed E-state index contributed by atoms with van der Waals surface area (Å²) in [4.78, 5) is 24.4. The highest BCUT2D eigenvalue weighted by atomic mass is 32.2. The zero-order chi connectivity index (χ0) is 24.3. The lowest BCUT2D eigenvalue weighted by Gasteiger charge is -2.31. The third kappa shape index (κ3) is 5.02. The van der Waals surface area contributed by atoms with Crippen molar-refractivity contribution in [1.29, 1.82) is 0 Å². The van der Waals surface area contributed by atoms with Gasteiger partial charge in [-0.3, -0.25) is 9.36 Å². The summed E-state index contributed by atoms with van der Waals surface area (Å²) in [6, 6.07) is 12.0. The summed E-state index contributed by atoms with van der Waals surface area (Å²) >= 11 is 0. The number of amides is 1. The molecule has 1 fully saturated rings. The van der Waals surface area contributed by atoms with E-state index in [1.165, 1.54) is 21.0 Å². The number of rotatable bonds is 8. The van der Waals surface area contributed by atoms with Crippen LogP contribution in [-0.4, -0.2) is 43.4 Å². The Labute approximate surface area is 198 Å². The van der Waals surface area contributed by atoms with Crippen molar-refractivity contribution >= 4 is 27.0 Å². The summed E-state index contributed by atoms with van der Waals surface area (Å²) in [5, 5.41) is 2.93. The van der Waals surface area contributed by atoms with Crippen LogP contribution in [0.2, 0.25) is 0 Å². The second-order valence-corrected chi connectivity index (χ2v) is 10.4. The SMILES string of the molecule is CCn1c(=O)oc2cc(S(=O)(=O)N3CCC(CC(=O)NCc4ccc(OC)cc4)CC3)ccc21. The van der Waals surface area contributed by atoms with Gasteiger partial charge in [0.2, 0.25) is 15.9 Å². The van der Waals surface area contributed by atoms with Gasteiger partial charge in [-0.05, 0) is 55.5 Å². The molecule has 4 rings (SSSR count). The Morgan fingerprint density at radius 2 is 1.85 bits per heavy atom. The van der Waals surface area contributed by atoms with Gasteiger partial charge in [0.1, 0.15) is 5.75 Å². The van der Waals surface area contributed by atoms with E-state index in [9.17, 15) is 18.0 Å². The molecule has 0 atom stereocenters. The monoisotopic (exact) mass is 487 g/mol. The lowest BCUT2D eigenvalue weighted by atomic mass is 9.94. The maximum atomic E-state index is 13.1. The minimum Gasteiger partial charge on any atom is -0.497 e. The summed E-state index contributed by atoms with van der Waals surface area (Å²) in [7, 11) is -2.11. The summed E-state index contributed by atoms with van der Waals surface area (Å²) in [5.41, 5.74) is 1.82. The van der Waals surface area contributed by atoms with E-state index in [4.69, 9.17) is 9.15 Å². The fraction of sp³-hybridized carbons (Fsp3) is 0.417. The third-order valence-corrected chi connectivity index (χ3v) is 8.18. The van der Waals surface area contributed by atoms with Crippen molar-refractivity contribution in [2.75, 3.05) is 20.2 Å². The first-order chi connectivity index (χ1) is 16.3. The molecule has 1 saturated heterocycles. The highest BCUT2D eigenvalue weighted by molar-refractivity contribution is 7.89. The number of carbonyl (C=O) groups excluding carboxylic acids is 1. The number of oxazole rings is 1. The number of ether oxygens (including phenoxy) is 1. The van der Waals surface area contributed by atoms with E-state index in [0.29, 0.717) is 51.0 Å². The zero-order valence-corrected chi connectivity index (χ0v) is 20.1. The number of sulfonamides is 1. The number of nitrogens with one attached hydrogen (secondary N) is 1. The molecule has 34 heavy (non-hydrogen) atoms. The van der Waals surface area contributed by atoms with E-state index in [2.05, 4.69) is 5.32 Å². The first-order valence-electron chi connectivity index (χ1n) is 11.3. The van der Waals surface area contributed by atoms with Gasteiger partial charge in [-0.15, -0.1) is 0 Å². The molecule has 3 aromatic rings. The van der Waals surface area contributed by atoms with Gasteiger partial charge in [0.05, 0.1) is 17.5 Å². The van der Waals surface area contributed by atoms with Crippen LogP contribution in [0.4, 0.5) is 0 Å². The number of piperidine rings is 1. The van der Waals surface area contributed by atoms with Crippen molar-refractivity contribution in [2.24, 2.45) is 5.92 Å². The highest BCUT2D eigenvalue weighted by Crippen LogP contribution is 2.27. The van der Waals surface area contributed by atoms with E-state index >= 15 is 0 Å². The van der Waals surface area contributed by atoms with Crippen LogP contribution in [0.15, 0.2) is 56.6 Å². The number of methoxy groups -OCH3 is 1. The smallest absolute Gasteiger partial charge is 0.419 e. The Balaban J connectivity index is 1.32. The van der Waals surface area contributed by atoms with Crippen molar-refractivity contribution in [3.05, 3.63) is 58.6 Å².